The van der Waals surface area contributed by atoms with Crippen LogP contribution in [0.25, 0.3) is 0 Å². The number of nitrogens with zero attached hydrogens (tertiary/aromatic N) is 3. The molecular formula is C32H33N3O8S2. The van der Waals surface area contributed by atoms with E-state index in [1.165, 1.54) is 42.7 Å². The van der Waals surface area contributed by atoms with E-state index in [1.807, 2.05) is 6.07 Å². The Morgan fingerprint density at radius 3 is 2.29 bits per heavy atom. The molecule has 13 heteroatoms. The third-order valence-electron chi connectivity index (χ3n) is 8.45. The highest BCUT2D eigenvalue weighted by Gasteiger charge is 2.57. The van der Waals surface area contributed by atoms with E-state index in [4.69, 9.17) is 14.2 Å². The molecule has 11 nitrogen and oxygen atoms in total. The largest absolute Gasteiger partial charge is 0.493 e. The highest BCUT2D eigenvalue weighted by atomic mass is 32.2. The number of thioether (sulfide) groups is 1. The molecule has 0 aliphatic carbocycles. The highest BCUT2D eigenvalue weighted by molar-refractivity contribution is 8.00. The summed E-state index contributed by atoms with van der Waals surface area (Å²) in [5.41, 5.74) is 1.32. The number of anilines is 1. The van der Waals surface area contributed by atoms with Gasteiger partial charge >= 0.3 is 10.8 Å². The maximum Gasteiger partial charge on any atom is 0.338 e. The lowest BCUT2D eigenvalue weighted by Gasteiger charge is -2.31. The van der Waals surface area contributed by atoms with Gasteiger partial charge in [-0.25, -0.2) is 9.69 Å². The second kappa shape index (κ2) is 12.7. The van der Waals surface area contributed by atoms with E-state index in [9.17, 15) is 24.0 Å². The molecule has 3 aromatic rings. The average Bonchev–Trinajstić information content (AvgIpc) is 3.51. The number of rotatable bonds is 8. The van der Waals surface area contributed by atoms with E-state index in [2.05, 4.69) is 0 Å². The maximum absolute atomic E-state index is 14.2. The zero-order valence-corrected chi connectivity index (χ0v) is 26.8. The van der Waals surface area contributed by atoms with Crippen LogP contribution in [0.15, 0.2) is 52.3 Å². The van der Waals surface area contributed by atoms with Crippen molar-refractivity contribution in [1.82, 2.24) is 9.47 Å². The normalized spacial score (nSPS) is 20.9. The van der Waals surface area contributed by atoms with E-state index in [0.29, 0.717) is 51.3 Å². The van der Waals surface area contributed by atoms with E-state index in [1.54, 1.807) is 36.1 Å². The topological polar surface area (TPSA) is 124 Å². The molecule has 0 saturated carbocycles. The van der Waals surface area contributed by atoms with Gasteiger partial charge in [-0.3, -0.25) is 23.7 Å². The first-order chi connectivity index (χ1) is 21.8. The number of carbonyl (C=O) groups is 4. The zero-order chi connectivity index (χ0) is 31.8. The van der Waals surface area contributed by atoms with Crippen LogP contribution in [0.2, 0.25) is 0 Å². The minimum Gasteiger partial charge on any atom is -0.493 e. The van der Waals surface area contributed by atoms with Crippen LogP contribution in [0, 0.1) is 5.92 Å². The Hall–Kier alpha value is -4.10. The summed E-state index contributed by atoms with van der Waals surface area (Å²) >= 11 is 2.17. The fourth-order valence-corrected chi connectivity index (χ4v) is 9.03. The van der Waals surface area contributed by atoms with Gasteiger partial charge in [0.05, 0.1) is 43.0 Å². The quantitative estimate of drug-likeness (QED) is 0.263. The Kier molecular flexibility index (Phi) is 8.74. The number of methoxy groups -OCH3 is 2. The van der Waals surface area contributed by atoms with Gasteiger partial charge in [-0.15, -0.1) is 0 Å². The van der Waals surface area contributed by atoms with Crippen molar-refractivity contribution in [2.24, 2.45) is 5.92 Å². The molecule has 2 aromatic carbocycles. The average molecular weight is 652 g/mol. The molecule has 3 unspecified atom stereocenters. The van der Waals surface area contributed by atoms with Gasteiger partial charge in [0.2, 0.25) is 17.7 Å². The third kappa shape index (κ3) is 5.52. The predicted octanol–water partition coefficient (Wildman–Crippen LogP) is 3.91. The zero-order valence-electron chi connectivity index (χ0n) is 25.1. The number of carbonyl (C=O) groups excluding carboxylic acids is 4. The van der Waals surface area contributed by atoms with Crippen LogP contribution in [0.3, 0.4) is 0 Å². The Bertz CT molecular complexity index is 1710. The van der Waals surface area contributed by atoms with Gasteiger partial charge in [-0.05, 0) is 68.1 Å². The first-order valence-electron chi connectivity index (χ1n) is 14.8. The predicted molar refractivity (Wildman–Crippen MR) is 168 cm³/mol. The van der Waals surface area contributed by atoms with Gasteiger partial charge < -0.3 is 19.1 Å². The van der Waals surface area contributed by atoms with Crippen LogP contribution < -0.4 is 19.2 Å². The number of thiazole rings is 1. The lowest BCUT2D eigenvalue weighted by Crippen LogP contribution is -2.39. The number of benzene rings is 2. The van der Waals surface area contributed by atoms with Crippen LogP contribution in [-0.4, -0.2) is 72.3 Å². The first kappa shape index (κ1) is 30.9. The summed E-state index contributed by atoms with van der Waals surface area (Å²) in [5, 5.41) is -0.324. The standard InChI is InChI=1S/C32H33N3O8S2/c1-4-43-31(39)18-8-11-20(12-9-18)35-28(37)25-24(19-10-13-21(41-2)22(16-19)42-3)27-30(44-26(25)29(35)38)34(32(40)45-27)17-23(36)33-14-6-5-7-15-33/h8-13,16,24-26H,4-7,14-15,17H2,1-3H3. The summed E-state index contributed by atoms with van der Waals surface area (Å²) in [6.07, 6.45) is 2.92. The molecular weight excluding hydrogens is 618 g/mol. The molecule has 0 bridgehead atoms. The van der Waals surface area contributed by atoms with E-state index >= 15 is 0 Å². The molecule has 236 valence electrons. The molecule has 0 spiro atoms. The van der Waals surface area contributed by atoms with Crippen molar-refractivity contribution in [3.8, 4) is 11.5 Å². The van der Waals surface area contributed by atoms with Crippen LogP contribution in [0.4, 0.5) is 5.69 Å². The fourth-order valence-electron chi connectivity index (χ4n) is 6.25. The number of esters is 1. The molecule has 0 N–H and O–H groups in total. The monoisotopic (exact) mass is 651 g/mol. The molecule has 0 radical (unpaired) electrons. The molecule has 3 amide bonds. The number of hydrogen-bond donors (Lipinski definition) is 0. The minimum atomic E-state index is -0.849. The molecule has 1 aromatic heterocycles. The lowest BCUT2D eigenvalue weighted by molar-refractivity contribution is -0.133. The van der Waals surface area contributed by atoms with Crippen molar-refractivity contribution in [1.29, 1.82) is 0 Å². The Balaban J connectivity index is 1.42. The number of ether oxygens (including phenoxy) is 3. The van der Waals surface area contributed by atoms with Gasteiger partial charge in [0.15, 0.2) is 11.5 Å². The number of aromatic nitrogens is 1. The van der Waals surface area contributed by atoms with Gasteiger partial charge in [0.1, 0.15) is 11.8 Å². The highest BCUT2D eigenvalue weighted by Crippen LogP contribution is 2.54. The van der Waals surface area contributed by atoms with E-state index in [0.717, 1.165) is 35.5 Å². The maximum atomic E-state index is 14.2. The Labute approximate surface area is 268 Å². The minimum absolute atomic E-state index is 0.130. The molecule has 3 aliphatic heterocycles. The fraction of sp³-hybridized carbons (Fsp3) is 0.406. The Morgan fingerprint density at radius 2 is 1.62 bits per heavy atom. The second-order valence-corrected chi connectivity index (χ2v) is 13.1. The molecule has 3 aliphatic rings. The van der Waals surface area contributed by atoms with Gasteiger partial charge in [0.25, 0.3) is 0 Å². The van der Waals surface area contributed by atoms with E-state index < -0.39 is 34.9 Å². The van der Waals surface area contributed by atoms with Crippen LogP contribution in [-0.2, 0) is 25.7 Å². The number of hydrogen-bond acceptors (Lipinski definition) is 10. The summed E-state index contributed by atoms with van der Waals surface area (Å²) in [4.78, 5) is 70.5. The molecule has 6 rings (SSSR count). The molecule has 45 heavy (non-hydrogen) atoms. The van der Waals surface area contributed by atoms with Crippen molar-refractivity contribution in [2.75, 3.05) is 38.8 Å². The number of fused-ring (bicyclic) bond motifs is 2. The van der Waals surface area contributed by atoms with Gasteiger partial charge in [-0.2, -0.15) is 0 Å². The van der Waals surface area contributed by atoms with Crippen LogP contribution in [0.5, 0.6) is 11.5 Å². The lowest BCUT2D eigenvalue weighted by atomic mass is 9.83. The van der Waals surface area contributed by atoms with Crippen molar-refractivity contribution < 1.29 is 33.4 Å². The van der Waals surface area contributed by atoms with Gasteiger partial charge in [-0.1, -0.05) is 29.2 Å². The molecule has 2 saturated heterocycles. The SMILES string of the molecule is CCOC(=O)c1ccc(N2C(=O)C3Sc4c(sc(=O)n4CC(=O)N4CCCCC4)C(c4ccc(OC)c(OC)c4)C3C2=O)cc1. The number of imide groups is 1. The smallest absolute Gasteiger partial charge is 0.338 e. The van der Waals surface area contributed by atoms with Crippen molar-refractivity contribution >= 4 is 52.5 Å². The number of likely N-dealkylation sites (tertiary alicyclic amines) is 1. The number of piperidine rings is 1. The number of amides is 3. The van der Waals surface area contributed by atoms with Crippen molar-refractivity contribution in [3.05, 3.63) is 68.1 Å². The summed E-state index contributed by atoms with van der Waals surface area (Å²) in [6, 6.07) is 11.5. The first-order valence-corrected chi connectivity index (χ1v) is 16.5. The van der Waals surface area contributed by atoms with Gasteiger partial charge in [0, 0.05) is 23.9 Å². The molecule has 3 atom stereocenters. The molecule has 4 heterocycles. The summed E-state index contributed by atoms with van der Waals surface area (Å²) < 4.78 is 17.5. The third-order valence-corrected chi connectivity index (χ3v) is 11.1. The van der Waals surface area contributed by atoms with E-state index in [-0.39, 0.29) is 23.9 Å². The van der Waals surface area contributed by atoms with Crippen molar-refractivity contribution in [3.63, 3.8) is 0 Å². The van der Waals surface area contributed by atoms with Crippen LogP contribution in [0.1, 0.15) is 52.9 Å². The Morgan fingerprint density at radius 1 is 0.911 bits per heavy atom. The summed E-state index contributed by atoms with van der Waals surface area (Å²) in [6.45, 7) is 3.12. The summed E-state index contributed by atoms with van der Waals surface area (Å²) in [7, 11) is 3.04. The second-order valence-electron chi connectivity index (χ2n) is 11.0. The van der Waals surface area contributed by atoms with Crippen LogP contribution >= 0.6 is 23.1 Å². The van der Waals surface area contributed by atoms with Crippen molar-refractivity contribution in [2.45, 2.75) is 48.9 Å². The molecule has 2 fully saturated rings. The summed E-state index contributed by atoms with van der Waals surface area (Å²) in [5.74, 6) is -2.02.